The molecule has 0 bridgehead atoms. The highest BCUT2D eigenvalue weighted by molar-refractivity contribution is 6.30. The van der Waals surface area contributed by atoms with Crippen LogP contribution in [0.2, 0.25) is 5.02 Å². The number of halogens is 4. The van der Waals surface area contributed by atoms with Gasteiger partial charge in [-0.25, -0.2) is 4.68 Å². The lowest BCUT2D eigenvalue weighted by Gasteiger charge is -2.06. The zero-order valence-electron chi connectivity index (χ0n) is 12.6. The maximum Gasteiger partial charge on any atom is 0.435 e. The van der Waals surface area contributed by atoms with Crippen molar-refractivity contribution >= 4 is 11.6 Å². The smallest absolute Gasteiger partial charge is 0.361 e. The molecule has 3 heterocycles. The lowest BCUT2D eigenvalue weighted by atomic mass is 10.1. The summed E-state index contributed by atoms with van der Waals surface area (Å²) in [7, 11) is 0. The summed E-state index contributed by atoms with van der Waals surface area (Å²) >= 11 is 5.69. The molecule has 0 N–H and O–H groups in total. The first-order valence-corrected chi connectivity index (χ1v) is 7.22. The average molecular weight is 372 g/mol. The molecule has 0 atom stereocenters. The van der Waals surface area contributed by atoms with Crippen LogP contribution in [0.25, 0.3) is 11.4 Å². The highest BCUT2D eigenvalue weighted by Crippen LogP contribution is 2.29. The summed E-state index contributed by atoms with van der Waals surface area (Å²) in [6, 6.07) is 3.12. The van der Waals surface area contributed by atoms with Gasteiger partial charge in [0, 0.05) is 11.6 Å². The first-order valence-electron chi connectivity index (χ1n) is 6.85. The molecule has 0 aromatic carbocycles. The minimum Gasteiger partial charge on any atom is -0.361 e. The van der Waals surface area contributed by atoms with Crippen LogP contribution in [0.4, 0.5) is 13.2 Å². The lowest BCUT2D eigenvalue weighted by molar-refractivity contribution is -0.141. The maximum atomic E-state index is 12.6. The molecule has 0 aliphatic heterocycles. The highest BCUT2D eigenvalue weighted by atomic mass is 35.5. The number of aromatic nitrogens is 5. The van der Waals surface area contributed by atoms with Crippen LogP contribution in [0.5, 0.6) is 0 Å². The van der Waals surface area contributed by atoms with Crippen molar-refractivity contribution in [3.8, 4) is 11.4 Å². The van der Waals surface area contributed by atoms with Crippen LogP contribution < -0.4 is 5.56 Å². The van der Waals surface area contributed by atoms with Crippen molar-refractivity contribution in [1.29, 1.82) is 0 Å². The fourth-order valence-electron chi connectivity index (χ4n) is 2.07. The van der Waals surface area contributed by atoms with E-state index in [9.17, 15) is 18.0 Å². The van der Waals surface area contributed by atoms with Gasteiger partial charge in [-0.15, -0.1) is 10.2 Å². The third kappa shape index (κ3) is 3.53. The van der Waals surface area contributed by atoms with Crippen molar-refractivity contribution in [2.75, 3.05) is 0 Å². The quantitative estimate of drug-likeness (QED) is 0.703. The van der Waals surface area contributed by atoms with Crippen LogP contribution >= 0.6 is 11.6 Å². The van der Waals surface area contributed by atoms with Gasteiger partial charge in [0.25, 0.3) is 5.56 Å². The molecule has 3 rings (SSSR count). The Hall–Kier alpha value is -2.75. The molecule has 3 aromatic heterocycles. The number of rotatable bonds is 3. The summed E-state index contributed by atoms with van der Waals surface area (Å²) in [6.07, 6.45) is -3.29. The van der Waals surface area contributed by atoms with E-state index in [1.807, 2.05) is 0 Å². The Kier molecular flexibility index (Phi) is 4.29. The highest BCUT2D eigenvalue weighted by Gasteiger charge is 2.33. The Morgan fingerprint density at radius 3 is 2.64 bits per heavy atom. The summed E-state index contributed by atoms with van der Waals surface area (Å²) in [6.45, 7) is 1.59. The fraction of sp³-hybridized carbons (Fsp3) is 0.214. The van der Waals surface area contributed by atoms with Crippen LogP contribution in [0.15, 0.2) is 33.7 Å². The molecule has 7 nitrogen and oxygen atoms in total. The van der Waals surface area contributed by atoms with Gasteiger partial charge < -0.3 is 4.52 Å². The van der Waals surface area contributed by atoms with Crippen LogP contribution in [0, 0.1) is 6.92 Å². The van der Waals surface area contributed by atoms with E-state index < -0.39 is 17.4 Å². The minimum absolute atomic E-state index is 0.0105. The van der Waals surface area contributed by atoms with Crippen LogP contribution in [-0.2, 0) is 12.7 Å². The van der Waals surface area contributed by atoms with Crippen LogP contribution in [0.1, 0.15) is 17.0 Å². The molecule has 0 saturated heterocycles. The standard InChI is InChI=1S/C14H9ClF3N5O2/c1-7-9(6-23-12(24)4-8(15)5-19-23)13(22-25-7)10-2-3-11(21-20-10)14(16,17)18/h2-5H,6H2,1H3. The zero-order valence-corrected chi connectivity index (χ0v) is 13.3. The second-order valence-corrected chi connectivity index (χ2v) is 5.47. The molecule has 0 unspecified atom stereocenters. The van der Waals surface area contributed by atoms with E-state index in [0.29, 0.717) is 11.3 Å². The fourth-order valence-corrected chi connectivity index (χ4v) is 2.21. The second-order valence-electron chi connectivity index (χ2n) is 5.04. The van der Waals surface area contributed by atoms with Crippen molar-refractivity contribution in [3.05, 3.63) is 56.8 Å². The van der Waals surface area contributed by atoms with Crippen molar-refractivity contribution in [1.82, 2.24) is 25.1 Å². The summed E-state index contributed by atoms with van der Waals surface area (Å²) < 4.78 is 43.9. The van der Waals surface area contributed by atoms with Gasteiger partial charge in [0.15, 0.2) is 5.69 Å². The molecule has 0 radical (unpaired) electrons. The van der Waals surface area contributed by atoms with Gasteiger partial charge in [0.2, 0.25) is 0 Å². The normalized spacial score (nSPS) is 11.7. The molecular weight excluding hydrogens is 363 g/mol. The molecular formula is C14H9ClF3N5O2. The minimum atomic E-state index is -4.59. The SMILES string of the molecule is Cc1onc(-c2ccc(C(F)(F)F)nn2)c1Cn1ncc(Cl)cc1=O. The van der Waals surface area contributed by atoms with Crippen molar-refractivity contribution in [2.24, 2.45) is 0 Å². The Balaban J connectivity index is 1.98. The van der Waals surface area contributed by atoms with E-state index in [1.54, 1.807) is 6.92 Å². The molecule has 11 heteroatoms. The lowest BCUT2D eigenvalue weighted by Crippen LogP contribution is -2.22. The first kappa shape index (κ1) is 17.1. The monoisotopic (exact) mass is 371 g/mol. The average Bonchev–Trinajstić information content (AvgIpc) is 2.90. The number of hydrogen-bond donors (Lipinski definition) is 0. The van der Waals surface area contributed by atoms with E-state index in [4.69, 9.17) is 16.1 Å². The Labute approximate surface area is 143 Å². The number of nitrogens with zero attached hydrogens (tertiary/aromatic N) is 5. The molecule has 0 amide bonds. The van der Waals surface area contributed by atoms with Crippen molar-refractivity contribution < 1.29 is 17.7 Å². The number of hydrogen-bond acceptors (Lipinski definition) is 6. The maximum absolute atomic E-state index is 12.6. The van der Waals surface area contributed by atoms with Gasteiger partial charge in [0.05, 0.1) is 17.8 Å². The van der Waals surface area contributed by atoms with Crippen molar-refractivity contribution in [3.63, 3.8) is 0 Å². The van der Waals surface area contributed by atoms with E-state index in [-0.39, 0.29) is 23.0 Å². The largest absolute Gasteiger partial charge is 0.435 e. The van der Waals surface area contributed by atoms with Gasteiger partial charge in [-0.2, -0.15) is 18.3 Å². The second kappa shape index (κ2) is 6.28. The number of alkyl halides is 3. The van der Waals surface area contributed by atoms with Gasteiger partial charge in [-0.3, -0.25) is 4.79 Å². The third-order valence-electron chi connectivity index (χ3n) is 3.33. The summed E-state index contributed by atoms with van der Waals surface area (Å²) in [5, 5.41) is 14.6. The molecule has 0 aliphatic rings. The molecule has 25 heavy (non-hydrogen) atoms. The summed E-state index contributed by atoms with van der Waals surface area (Å²) in [4.78, 5) is 11.9. The summed E-state index contributed by atoms with van der Waals surface area (Å²) in [5.41, 5.74) is -0.846. The summed E-state index contributed by atoms with van der Waals surface area (Å²) in [5.74, 6) is 0.375. The van der Waals surface area contributed by atoms with E-state index in [1.165, 1.54) is 12.3 Å². The van der Waals surface area contributed by atoms with Gasteiger partial charge in [-0.1, -0.05) is 16.8 Å². The topological polar surface area (TPSA) is 86.7 Å². The Morgan fingerprint density at radius 1 is 1.28 bits per heavy atom. The predicted octanol–water partition coefficient (Wildman–Crippen LogP) is 2.72. The van der Waals surface area contributed by atoms with Gasteiger partial charge >= 0.3 is 6.18 Å². The van der Waals surface area contributed by atoms with Gasteiger partial charge in [0.1, 0.15) is 17.1 Å². The third-order valence-corrected chi connectivity index (χ3v) is 3.53. The molecule has 0 aliphatic carbocycles. The first-order chi connectivity index (χ1) is 11.8. The number of aryl methyl sites for hydroxylation is 1. The van der Waals surface area contributed by atoms with E-state index in [0.717, 1.165) is 16.8 Å². The molecule has 0 saturated carbocycles. The van der Waals surface area contributed by atoms with E-state index in [2.05, 4.69) is 20.5 Å². The van der Waals surface area contributed by atoms with E-state index >= 15 is 0 Å². The molecule has 0 fully saturated rings. The molecule has 130 valence electrons. The Morgan fingerprint density at radius 2 is 2.04 bits per heavy atom. The zero-order chi connectivity index (χ0) is 18.2. The molecule has 0 spiro atoms. The van der Waals surface area contributed by atoms with Crippen LogP contribution in [-0.4, -0.2) is 25.1 Å². The predicted molar refractivity (Wildman–Crippen MR) is 79.9 cm³/mol. The van der Waals surface area contributed by atoms with Gasteiger partial charge in [-0.05, 0) is 19.1 Å². The Bertz CT molecular complexity index is 966. The van der Waals surface area contributed by atoms with Crippen LogP contribution in [0.3, 0.4) is 0 Å². The van der Waals surface area contributed by atoms with Crippen molar-refractivity contribution in [2.45, 2.75) is 19.6 Å². The molecule has 3 aromatic rings.